The van der Waals surface area contributed by atoms with Crippen LogP contribution in [0.3, 0.4) is 0 Å². The van der Waals surface area contributed by atoms with Gasteiger partial charge in [0.2, 0.25) is 5.91 Å². The number of carbonyl (C=O) groups excluding carboxylic acids is 1. The Morgan fingerprint density at radius 2 is 1.83 bits per heavy atom. The van der Waals surface area contributed by atoms with Gasteiger partial charge in [-0.3, -0.25) is 4.79 Å². The van der Waals surface area contributed by atoms with Crippen molar-refractivity contribution >= 4 is 29.3 Å². The van der Waals surface area contributed by atoms with Gasteiger partial charge in [-0.15, -0.1) is 11.8 Å². The number of nitrogens with one attached hydrogen (secondary N) is 1. The summed E-state index contributed by atoms with van der Waals surface area (Å²) in [5.74, 6) is 0.0740. The van der Waals surface area contributed by atoms with E-state index in [0.29, 0.717) is 5.02 Å². The lowest BCUT2D eigenvalue weighted by Gasteiger charge is -2.21. The van der Waals surface area contributed by atoms with Crippen LogP contribution in [0.4, 0.5) is 0 Å². The van der Waals surface area contributed by atoms with E-state index >= 15 is 0 Å². The fourth-order valence-corrected chi connectivity index (χ4v) is 3.78. The average molecular weight is 362 g/mol. The zero-order chi connectivity index (χ0) is 17.7. The number of amides is 1. The highest BCUT2D eigenvalue weighted by Crippen LogP contribution is 2.28. The summed E-state index contributed by atoms with van der Waals surface area (Å²) in [6, 6.07) is 14.0. The van der Waals surface area contributed by atoms with Crippen molar-refractivity contribution in [3.63, 3.8) is 0 Å². The third kappa shape index (κ3) is 5.02. The fourth-order valence-electron chi connectivity index (χ4n) is 2.70. The highest BCUT2D eigenvalue weighted by Gasteiger charge is 2.20. The van der Waals surface area contributed by atoms with Crippen molar-refractivity contribution < 1.29 is 4.79 Å². The Hall–Kier alpha value is -1.45. The van der Waals surface area contributed by atoms with E-state index in [4.69, 9.17) is 11.6 Å². The first-order valence-corrected chi connectivity index (χ1v) is 9.46. The predicted molar refractivity (Wildman–Crippen MR) is 104 cm³/mol. The lowest BCUT2D eigenvalue weighted by Crippen LogP contribution is -2.34. The van der Waals surface area contributed by atoms with E-state index in [0.717, 1.165) is 11.3 Å². The number of hydrogen-bond acceptors (Lipinski definition) is 2. The van der Waals surface area contributed by atoms with Crippen LogP contribution < -0.4 is 5.32 Å². The maximum absolute atomic E-state index is 12.6. The Bertz CT molecular complexity index is 699. The number of thioether (sulfide) groups is 1. The van der Waals surface area contributed by atoms with E-state index in [1.807, 2.05) is 38.1 Å². The highest BCUT2D eigenvalue weighted by atomic mass is 35.5. The summed E-state index contributed by atoms with van der Waals surface area (Å²) in [6.07, 6.45) is 0.777. The van der Waals surface area contributed by atoms with Crippen LogP contribution in [0.1, 0.15) is 43.0 Å². The summed E-state index contributed by atoms with van der Waals surface area (Å²) in [5, 5.41) is 3.75. The lowest BCUT2D eigenvalue weighted by molar-refractivity contribution is -0.121. The Labute approximate surface area is 154 Å². The number of halogens is 1. The molecule has 0 heterocycles. The number of benzene rings is 2. The van der Waals surface area contributed by atoms with Crippen LogP contribution in [0.2, 0.25) is 5.02 Å². The molecule has 0 aliphatic heterocycles. The largest absolute Gasteiger partial charge is 0.349 e. The van der Waals surface area contributed by atoms with E-state index in [-0.39, 0.29) is 17.2 Å². The van der Waals surface area contributed by atoms with Gasteiger partial charge in [0.05, 0.1) is 11.3 Å². The molecular formula is C20H24ClNOS. The van der Waals surface area contributed by atoms with E-state index in [1.54, 1.807) is 11.8 Å². The summed E-state index contributed by atoms with van der Waals surface area (Å²) in [5.41, 5.74) is 3.61. The Morgan fingerprint density at radius 3 is 2.42 bits per heavy atom. The quantitative estimate of drug-likeness (QED) is 0.668. The van der Waals surface area contributed by atoms with Crippen LogP contribution in [0, 0.1) is 13.8 Å². The summed E-state index contributed by atoms with van der Waals surface area (Å²) >= 11 is 7.50. The molecule has 0 radical (unpaired) electrons. The second kappa shape index (κ2) is 8.59. The van der Waals surface area contributed by atoms with Gasteiger partial charge in [-0.25, -0.2) is 0 Å². The van der Waals surface area contributed by atoms with Gasteiger partial charge in [-0.05, 0) is 62.6 Å². The van der Waals surface area contributed by atoms with Gasteiger partial charge in [-0.2, -0.15) is 0 Å². The van der Waals surface area contributed by atoms with Crippen LogP contribution in [0.5, 0.6) is 0 Å². The Morgan fingerprint density at radius 1 is 1.17 bits per heavy atom. The third-order valence-electron chi connectivity index (χ3n) is 4.01. The van der Waals surface area contributed by atoms with E-state index in [2.05, 4.69) is 37.4 Å². The smallest absolute Gasteiger partial charge is 0.233 e. The fraction of sp³-hybridized carbons (Fsp3) is 0.350. The van der Waals surface area contributed by atoms with Gasteiger partial charge in [0.25, 0.3) is 0 Å². The molecule has 0 unspecified atom stereocenters. The summed E-state index contributed by atoms with van der Waals surface area (Å²) < 4.78 is 0. The molecule has 0 saturated heterocycles. The van der Waals surface area contributed by atoms with Crippen molar-refractivity contribution in [1.29, 1.82) is 0 Å². The summed E-state index contributed by atoms with van der Waals surface area (Å²) in [6.45, 7) is 8.24. The maximum atomic E-state index is 12.6. The van der Waals surface area contributed by atoms with E-state index < -0.39 is 0 Å². The van der Waals surface area contributed by atoms with Crippen molar-refractivity contribution in [3.05, 3.63) is 64.2 Å². The first-order chi connectivity index (χ1) is 11.4. The Kier molecular flexibility index (Phi) is 6.76. The molecule has 4 heteroatoms. The van der Waals surface area contributed by atoms with Gasteiger partial charge in [0.15, 0.2) is 0 Å². The maximum Gasteiger partial charge on any atom is 0.233 e. The monoisotopic (exact) mass is 361 g/mol. The van der Waals surface area contributed by atoms with Crippen LogP contribution >= 0.6 is 23.4 Å². The number of aryl methyl sites for hydroxylation is 2. The zero-order valence-electron chi connectivity index (χ0n) is 14.6. The molecule has 2 aromatic carbocycles. The normalized spacial score (nSPS) is 13.4. The number of hydrogen-bond donors (Lipinski definition) is 1. The molecule has 0 fully saturated rings. The van der Waals surface area contributed by atoms with Gasteiger partial charge < -0.3 is 5.32 Å². The molecule has 2 nitrogen and oxygen atoms in total. The molecule has 128 valence electrons. The number of carbonyl (C=O) groups is 1. The average Bonchev–Trinajstić information content (AvgIpc) is 2.54. The molecule has 2 aromatic rings. The summed E-state index contributed by atoms with van der Waals surface area (Å²) in [7, 11) is 0. The SMILES string of the molecule is CC[C@H](Sc1ccc(Cl)cc1)C(=O)N[C@@H](C)c1ccc(C)cc1C. The molecule has 0 saturated carbocycles. The number of rotatable bonds is 6. The topological polar surface area (TPSA) is 29.1 Å². The molecule has 2 rings (SSSR count). The minimum atomic E-state index is -0.112. The van der Waals surface area contributed by atoms with Crippen LogP contribution in [0.15, 0.2) is 47.4 Å². The molecule has 2 atom stereocenters. The standard InChI is InChI=1S/C20H24ClNOS/c1-5-19(24-17-9-7-16(21)8-10-17)20(23)22-15(4)18-11-6-13(2)12-14(18)3/h6-12,15,19H,5H2,1-4H3,(H,22,23)/t15-,19-/m0/s1. The van der Waals surface area contributed by atoms with Crippen molar-refractivity contribution in [1.82, 2.24) is 5.32 Å². The van der Waals surface area contributed by atoms with Crippen LogP contribution in [-0.2, 0) is 4.79 Å². The zero-order valence-corrected chi connectivity index (χ0v) is 16.2. The van der Waals surface area contributed by atoms with E-state index in [1.165, 1.54) is 16.7 Å². The molecule has 0 aliphatic carbocycles. The third-order valence-corrected chi connectivity index (χ3v) is 5.63. The molecule has 24 heavy (non-hydrogen) atoms. The second-order valence-electron chi connectivity index (χ2n) is 6.06. The first-order valence-electron chi connectivity index (χ1n) is 8.20. The van der Waals surface area contributed by atoms with Crippen molar-refractivity contribution in [2.75, 3.05) is 0 Å². The Balaban J connectivity index is 2.04. The van der Waals surface area contributed by atoms with Crippen molar-refractivity contribution in [2.24, 2.45) is 0 Å². The molecule has 0 aromatic heterocycles. The molecular weight excluding hydrogens is 338 g/mol. The lowest BCUT2D eigenvalue weighted by atomic mass is 10.00. The van der Waals surface area contributed by atoms with Gasteiger partial charge >= 0.3 is 0 Å². The summed E-state index contributed by atoms with van der Waals surface area (Å²) in [4.78, 5) is 13.7. The molecule has 1 N–H and O–H groups in total. The molecule has 0 aliphatic rings. The van der Waals surface area contributed by atoms with Crippen molar-refractivity contribution in [3.8, 4) is 0 Å². The molecule has 0 spiro atoms. The predicted octanol–water partition coefficient (Wildman–Crippen LogP) is 5.70. The van der Waals surface area contributed by atoms with Gasteiger partial charge in [0.1, 0.15) is 0 Å². The van der Waals surface area contributed by atoms with Crippen molar-refractivity contribution in [2.45, 2.75) is 50.3 Å². The highest BCUT2D eigenvalue weighted by molar-refractivity contribution is 8.00. The van der Waals surface area contributed by atoms with Gasteiger partial charge in [-0.1, -0.05) is 42.3 Å². The first kappa shape index (κ1) is 18.9. The molecule has 1 amide bonds. The second-order valence-corrected chi connectivity index (χ2v) is 7.77. The van der Waals surface area contributed by atoms with Crippen LogP contribution in [-0.4, -0.2) is 11.2 Å². The minimum Gasteiger partial charge on any atom is -0.349 e. The van der Waals surface area contributed by atoms with Crippen LogP contribution in [0.25, 0.3) is 0 Å². The minimum absolute atomic E-state index is 0.00188. The van der Waals surface area contributed by atoms with Gasteiger partial charge in [0, 0.05) is 9.92 Å². The van der Waals surface area contributed by atoms with E-state index in [9.17, 15) is 4.79 Å². The molecule has 0 bridgehead atoms.